The van der Waals surface area contributed by atoms with Crippen molar-refractivity contribution in [2.24, 2.45) is 0 Å². The minimum Gasteiger partial charge on any atom is -0.474 e. The van der Waals surface area contributed by atoms with Crippen molar-refractivity contribution >= 4 is 29.2 Å². The monoisotopic (exact) mass is 258 g/mol. The summed E-state index contributed by atoms with van der Waals surface area (Å²) in [7, 11) is 0. The lowest BCUT2D eigenvalue weighted by Crippen LogP contribution is -1.95. The third-order valence-electron chi connectivity index (χ3n) is 1.78. The Bertz CT molecular complexity index is 533. The van der Waals surface area contributed by atoms with Gasteiger partial charge < -0.3 is 9.52 Å². The zero-order chi connectivity index (χ0) is 11.7. The number of carboxylic acids is 1. The van der Waals surface area contributed by atoms with Crippen LogP contribution in [0.3, 0.4) is 0 Å². The van der Waals surface area contributed by atoms with Gasteiger partial charge in [-0.15, -0.1) is 10.2 Å². The highest BCUT2D eigenvalue weighted by molar-refractivity contribution is 6.38. The predicted octanol–water partition coefficient (Wildman–Crippen LogP) is 2.74. The van der Waals surface area contributed by atoms with Crippen molar-refractivity contribution in [2.45, 2.75) is 0 Å². The molecule has 7 heteroatoms. The lowest BCUT2D eigenvalue weighted by atomic mass is 10.2. The van der Waals surface area contributed by atoms with Crippen molar-refractivity contribution < 1.29 is 14.3 Å². The van der Waals surface area contributed by atoms with Crippen molar-refractivity contribution in [1.82, 2.24) is 10.2 Å². The molecule has 0 radical (unpaired) electrons. The first-order valence-electron chi connectivity index (χ1n) is 4.11. The lowest BCUT2D eigenvalue weighted by molar-refractivity contribution is 0.0654. The largest absolute Gasteiger partial charge is 0.474 e. The van der Waals surface area contributed by atoms with E-state index in [9.17, 15) is 4.79 Å². The van der Waals surface area contributed by atoms with Crippen LogP contribution in [0.25, 0.3) is 11.5 Å². The minimum atomic E-state index is -1.30. The van der Waals surface area contributed by atoms with Gasteiger partial charge in [0.2, 0.25) is 0 Å². The smallest absolute Gasteiger partial charge is 0.393 e. The molecule has 5 nitrogen and oxygen atoms in total. The summed E-state index contributed by atoms with van der Waals surface area (Å²) < 4.78 is 4.90. The molecule has 2 rings (SSSR count). The fraction of sp³-hybridized carbons (Fsp3) is 0. The summed E-state index contributed by atoms with van der Waals surface area (Å²) in [5.74, 6) is -1.83. The van der Waals surface area contributed by atoms with E-state index in [1.165, 1.54) is 0 Å². The first-order chi connectivity index (χ1) is 7.59. The zero-order valence-electron chi connectivity index (χ0n) is 7.65. The van der Waals surface area contributed by atoms with Crippen LogP contribution in [0.2, 0.25) is 10.0 Å². The fourth-order valence-electron chi connectivity index (χ4n) is 1.11. The number of hydrogen-bond acceptors (Lipinski definition) is 4. The van der Waals surface area contributed by atoms with E-state index in [0.717, 1.165) is 0 Å². The summed E-state index contributed by atoms with van der Waals surface area (Å²) in [5, 5.41) is 16.2. The first-order valence-corrected chi connectivity index (χ1v) is 4.86. The number of benzene rings is 1. The summed E-state index contributed by atoms with van der Waals surface area (Å²) in [4.78, 5) is 10.6. The van der Waals surface area contributed by atoms with Crippen LogP contribution in [-0.4, -0.2) is 21.3 Å². The van der Waals surface area contributed by atoms with Gasteiger partial charge in [-0.1, -0.05) is 29.3 Å². The Morgan fingerprint density at radius 3 is 2.38 bits per heavy atom. The van der Waals surface area contributed by atoms with Gasteiger partial charge in [0.05, 0.1) is 15.6 Å². The van der Waals surface area contributed by atoms with Gasteiger partial charge in [-0.3, -0.25) is 0 Å². The van der Waals surface area contributed by atoms with E-state index in [1.807, 2.05) is 0 Å². The van der Waals surface area contributed by atoms with Crippen molar-refractivity contribution in [3.05, 3.63) is 34.1 Å². The average molecular weight is 259 g/mol. The molecule has 16 heavy (non-hydrogen) atoms. The third-order valence-corrected chi connectivity index (χ3v) is 2.41. The lowest BCUT2D eigenvalue weighted by Gasteiger charge is -2.00. The molecule has 1 aromatic heterocycles. The molecule has 1 N–H and O–H groups in total. The molecule has 0 saturated heterocycles. The van der Waals surface area contributed by atoms with Crippen molar-refractivity contribution in [3.8, 4) is 11.5 Å². The highest BCUT2D eigenvalue weighted by atomic mass is 35.5. The maximum absolute atomic E-state index is 10.6. The molecule has 0 aliphatic heterocycles. The summed E-state index contributed by atoms with van der Waals surface area (Å²) in [6, 6.07) is 4.84. The minimum absolute atomic E-state index is 0.0204. The zero-order valence-corrected chi connectivity index (χ0v) is 9.16. The van der Waals surface area contributed by atoms with Gasteiger partial charge >= 0.3 is 11.9 Å². The number of aromatic carboxylic acids is 1. The normalized spacial score (nSPS) is 10.4. The van der Waals surface area contributed by atoms with Gasteiger partial charge in [-0.25, -0.2) is 4.79 Å². The molecule has 0 aliphatic carbocycles. The predicted molar refractivity (Wildman–Crippen MR) is 56.7 cm³/mol. The summed E-state index contributed by atoms with van der Waals surface area (Å²) in [6.45, 7) is 0. The number of carbonyl (C=O) groups is 1. The Balaban J connectivity index is 2.54. The molecule has 82 valence electrons. The second-order valence-corrected chi connectivity index (χ2v) is 3.63. The van der Waals surface area contributed by atoms with E-state index in [-0.39, 0.29) is 5.89 Å². The molecule has 0 bridgehead atoms. The van der Waals surface area contributed by atoms with Crippen LogP contribution in [0.15, 0.2) is 22.6 Å². The number of hydrogen-bond donors (Lipinski definition) is 1. The Hall–Kier alpha value is -1.59. The van der Waals surface area contributed by atoms with Crippen LogP contribution in [0.5, 0.6) is 0 Å². The highest BCUT2D eigenvalue weighted by Crippen LogP contribution is 2.33. The molecule has 2 aromatic rings. The van der Waals surface area contributed by atoms with Crippen LogP contribution in [-0.2, 0) is 0 Å². The van der Waals surface area contributed by atoms with Gasteiger partial charge in [0.15, 0.2) is 0 Å². The van der Waals surface area contributed by atoms with E-state index >= 15 is 0 Å². The molecule has 0 unspecified atom stereocenters. The highest BCUT2D eigenvalue weighted by Gasteiger charge is 2.18. The molecule has 0 amide bonds. The van der Waals surface area contributed by atoms with E-state index in [4.69, 9.17) is 32.7 Å². The second kappa shape index (κ2) is 4.11. The van der Waals surface area contributed by atoms with E-state index in [0.29, 0.717) is 15.6 Å². The van der Waals surface area contributed by atoms with Gasteiger partial charge in [-0.05, 0) is 12.1 Å². The SMILES string of the molecule is O=C(O)c1nnc(-c2c(Cl)cccc2Cl)o1. The number of nitrogens with zero attached hydrogens (tertiary/aromatic N) is 2. The Morgan fingerprint density at radius 1 is 1.25 bits per heavy atom. The molecular weight excluding hydrogens is 255 g/mol. The van der Waals surface area contributed by atoms with Crippen LogP contribution < -0.4 is 0 Å². The van der Waals surface area contributed by atoms with E-state index in [2.05, 4.69) is 10.2 Å². The Kier molecular flexibility index (Phi) is 2.80. The Labute approximate surface area is 99.6 Å². The molecular formula is C9H4Cl2N2O3. The van der Waals surface area contributed by atoms with E-state index in [1.54, 1.807) is 18.2 Å². The van der Waals surface area contributed by atoms with Crippen molar-refractivity contribution in [3.63, 3.8) is 0 Å². The molecule has 0 spiro atoms. The Morgan fingerprint density at radius 2 is 1.88 bits per heavy atom. The summed E-state index contributed by atoms with van der Waals surface area (Å²) >= 11 is 11.8. The van der Waals surface area contributed by atoms with Crippen LogP contribution in [0.4, 0.5) is 0 Å². The number of rotatable bonds is 2. The molecule has 0 atom stereocenters. The van der Waals surface area contributed by atoms with Crippen LogP contribution in [0, 0.1) is 0 Å². The number of aromatic nitrogens is 2. The number of carboxylic acid groups (broad SMARTS) is 1. The maximum Gasteiger partial charge on any atom is 0.393 e. The van der Waals surface area contributed by atoms with Crippen LogP contribution >= 0.6 is 23.2 Å². The quantitative estimate of drug-likeness (QED) is 0.897. The third kappa shape index (κ3) is 1.87. The van der Waals surface area contributed by atoms with Crippen molar-refractivity contribution in [1.29, 1.82) is 0 Å². The maximum atomic E-state index is 10.6. The number of halogens is 2. The molecule has 0 saturated carbocycles. The van der Waals surface area contributed by atoms with Gasteiger partial charge in [-0.2, -0.15) is 0 Å². The van der Waals surface area contributed by atoms with Crippen molar-refractivity contribution in [2.75, 3.05) is 0 Å². The first kappa shape index (κ1) is 10.9. The average Bonchev–Trinajstić information content (AvgIpc) is 2.66. The van der Waals surface area contributed by atoms with Gasteiger partial charge in [0.25, 0.3) is 5.89 Å². The van der Waals surface area contributed by atoms with Gasteiger partial charge in [0, 0.05) is 0 Å². The summed E-state index contributed by atoms with van der Waals surface area (Å²) in [5.41, 5.74) is 0.325. The van der Waals surface area contributed by atoms with Gasteiger partial charge in [0.1, 0.15) is 0 Å². The summed E-state index contributed by atoms with van der Waals surface area (Å²) in [6.07, 6.45) is 0. The standard InChI is InChI=1S/C9H4Cl2N2O3/c10-4-2-1-3-5(11)6(4)7-12-13-8(16-7)9(14)15/h1-3H,(H,14,15). The second-order valence-electron chi connectivity index (χ2n) is 2.81. The van der Waals surface area contributed by atoms with E-state index < -0.39 is 11.9 Å². The topological polar surface area (TPSA) is 76.2 Å². The molecule has 0 fully saturated rings. The molecule has 0 aliphatic rings. The fourth-order valence-corrected chi connectivity index (χ4v) is 1.67. The molecule has 1 aromatic carbocycles. The molecule has 1 heterocycles. The van der Waals surface area contributed by atoms with Crippen LogP contribution in [0.1, 0.15) is 10.7 Å².